The lowest BCUT2D eigenvalue weighted by atomic mass is 10.0. The number of amides is 1. The molecular formula is C19H29NO3. The Hall–Kier alpha value is -1.84. The number of aryl methyl sites for hydroxylation is 1. The summed E-state index contributed by atoms with van der Waals surface area (Å²) in [5, 5.41) is 8.85. The minimum Gasteiger partial charge on any atom is -0.478 e. The van der Waals surface area contributed by atoms with Gasteiger partial charge < -0.3 is 10.0 Å². The number of hydrogen-bond acceptors (Lipinski definition) is 2. The summed E-state index contributed by atoms with van der Waals surface area (Å²) in [6.45, 7) is 2.89. The van der Waals surface area contributed by atoms with Crippen LogP contribution in [0.25, 0.3) is 0 Å². The standard InChI is InChI=1S/C19H29NO3/c1-3-9-18(21)20(2)15-8-6-4-5-7-10-16-11-13-17(14-12-16)19(22)23/h11-14H,3-10,15H2,1-2H3,(H,22,23). The maximum atomic E-state index is 11.6. The molecule has 1 aromatic carbocycles. The van der Waals surface area contributed by atoms with Crippen molar-refractivity contribution in [1.82, 2.24) is 4.90 Å². The van der Waals surface area contributed by atoms with Gasteiger partial charge in [-0.1, -0.05) is 38.3 Å². The van der Waals surface area contributed by atoms with E-state index in [1.54, 1.807) is 12.1 Å². The maximum Gasteiger partial charge on any atom is 0.335 e. The summed E-state index contributed by atoms with van der Waals surface area (Å²) in [4.78, 5) is 24.2. The molecule has 0 aliphatic rings. The molecule has 1 aromatic rings. The Morgan fingerprint density at radius 1 is 1.00 bits per heavy atom. The first-order chi connectivity index (χ1) is 11.0. The molecule has 0 heterocycles. The molecular weight excluding hydrogens is 290 g/mol. The largest absolute Gasteiger partial charge is 0.478 e. The quantitative estimate of drug-likeness (QED) is 0.624. The van der Waals surface area contributed by atoms with Crippen LogP contribution in [0.15, 0.2) is 24.3 Å². The highest BCUT2D eigenvalue weighted by Crippen LogP contribution is 2.11. The predicted molar refractivity (Wildman–Crippen MR) is 92.7 cm³/mol. The van der Waals surface area contributed by atoms with Crippen LogP contribution in [-0.2, 0) is 11.2 Å². The normalized spacial score (nSPS) is 10.5. The van der Waals surface area contributed by atoms with E-state index in [2.05, 4.69) is 0 Å². The fourth-order valence-corrected chi connectivity index (χ4v) is 2.55. The van der Waals surface area contributed by atoms with E-state index in [9.17, 15) is 9.59 Å². The Labute approximate surface area is 139 Å². The van der Waals surface area contributed by atoms with Crippen molar-refractivity contribution in [3.8, 4) is 0 Å². The first-order valence-corrected chi connectivity index (χ1v) is 8.60. The Bertz CT molecular complexity index is 482. The van der Waals surface area contributed by atoms with Gasteiger partial charge in [-0.05, 0) is 43.4 Å². The van der Waals surface area contributed by atoms with Crippen LogP contribution in [0.2, 0.25) is 0 Å². The fourth-order valence-electron chi connectivity index (χ4n) is 2.55. The second-order valence-electron chi connectivity index (χ2n) is 6.09. The number of rotatable bonds is 11. The van der Waals surface area contributed by atoms with Crippen LogP contribution in [0.5, 0.6) is 0 Å². The van der Waals surface area contributed by atoms with Gasteiger partial charge in [0.05, 0.1) is 5.56 Å². The molecule has 1 N–H and O–H groups in total. The third-order valence-electron chi connectivity index (χ3n) is 4.05. The molecule has 0 aliphatic heterocycles. The van der Waals surface area contributed by atoms with Crippen LogP contribution in [0.4, 0.5) is 0 Å². The van der Waals surface area contributed by atoms with Gasteiger partial charge in [0.25, 0.3) is 0 Å². The first-order valence-electron chi connectivity index (χ1n) is 8.60. The molecule has 23 heavy (non-hydrogen) atoms. The van der Waals surface area contributed by atoms with E-state index in [1.807, 2.05) is 31.0 Å². The van der Waals surface area contributed by atoms with E-state index in [1.165, 1.54) is 18.4 Å². The molecule has 0 aromatic heterocycles. The zero-order valence-electron chi connectivity index (χ0n) is 14.4. The Morgan fingerprint density at radius 2 is 1.61 bits per heavy atom. The van der Waals surface area contributed by atoms with Crippen LogP contribution < -0.4 is 0 Å². The van der Waals surface area contributed by atoms with Crippen LogP contribution in [-0.4, -0.2) is 35.5 Å². The van der Waals surface area contributed by atoms with Crippen molar-refractivity contribution < 1.29 is 14.7 Å². The predicted octanol–water partition coefficient (Wildman–Crippen LogP) is 4.14. The van der Waals surface area contributed by atoms with Crippen molar-refractivity contribution in [2.45, 2.75) is 58.3 Å². The van der Waals surface area contributed by atoms with Gasteiger partial charge in [-0.2, -0.15) is 0 Å². The molecule has 1 rings (SSSR count). The summed E-state index contributed by atoms with van der Waals surface area (Å²) < 4.78 is 0. The molecule has 0 atom stereocenters. The molecule has 0 saturated carbocycles. The smallest absolute Gasteiger partial charge is 0.335 e. The van der Waals surface area contributed by atoms with E-state index >= 15 is 0 Å². The third-order valence-corrected chi connectivity index (χ3v) is 4.05. The second-order valence-corrected chi connectivity index (χ2v) is 6.09. The average Bonchev–Trinajstić information content (AvgIpc) is 2.54. The van der Waals surface area contributed by atoms with Crippen molar-refractivity contribution in [2.24, 2.45) is 0 Å². The zero-order chi connectivity index (χ0) is 17.1. The lowest BCUT2D eigenvalue weighted by Crippen LogP contribution is -2.27. The van der Waals surface area contributed by atoms with Gasteiger partial charge in [0.2, 0.25) is 5.91 Å². The molecule has 0 bridgehead atoms. The van der Waals surface area contributed by atoms with Crippen LogP contribution in [0.1, 0.15) is 67.8 Å². The number of carbonyl (C=O) groups is 2. The summed E-state index contributed by atoms with van der Waals surface area (Å²) in [5.74, 6) is -0.628. The number of carbonyl (C=O) groups excluding carboxylic acids is 1. The molecule has 0 radical (unpaired) electrons. The monoisotopic (exact) mass is 319 g/mol. The summed E-state index contributed by atoms with van der Waals surface area (Å²) in [5.41, 5.74) is 1.54. The van der Waals surface area contributed by atoms with Crippen LogP contribution in [0.3, 0.4) is 0 Å². The van der Waals surface area contributed by atoms with Gasteiger partial charge >= 0.3 is 5.97 Å². The van der Waals surface area contributed by atoms with Gasteiger partial charge in [0, 0.05) is 20.0 Å². The summed E-state index contributed by atoms with van der Waals surface area (Å²) in [6.07, 6.45) is 8.26. The molecule has 0 spiro atoms. The number of hydrogen-bond donors (Lipinski definition) is 1. The van der Waals surface area contributed by atoms with E-state index in [4.69, 9.17) is 5.11 Å². The van der Waals surface area contributed by atoms with Gasteiger partial charge in [-0.15, -0.1) is 0 Å². The molecule has 4 nitrogen and oxygen atoms in total. The van der Waals surface area contributed by atoms with Crippen molar-refractivity contribution in [1.29, 1.82) is 0 Å². The van der Waals surface area contributed by atoms with E-state index in [0.29, 0.717) is 12.0 Å². The molecule has 0 unspecified atom stereocenters. The van der Waals surface area contributed by atoms with Crippen LogP contribution in [0, 0.1) is 0 Å². The topological polar surface area (TPSA) is 57.6 Å². The second kappa shape index (κ2) is 10.8. The number of benzene rings is 1. The van der Waals surface area contributed by atoms with Gasteiger partial charge in [0.1, 0.15) is 0 Å². The number of unbranched alkanes of at least 4 members (excludes halogenated alkanes) is 4. The number of nitrogens with zero attached hydrogens (tertiary/aromatic N) is 1. The van der Waals surface area contributed by atoms with Gasteiger partial charge in [0.15, 0.2) is 0 Å². The summed E-state index contributed by atoms with van der Waals surface area (Å²) >= 11 is 0. The van der Waals surface area contributed by atoms with Crippen LogP contribution >= 0.6 is 0 Å². The van der Waals surface area contributed by atoms with E-state index in [-0.39, 0.29) is 5.91 Å². The molecule has 128 valence electrons. The van der Waals surface area contributed by atoms with Crippen molar-refractivity contribution in [2.75, 3.05) is 13.6 Å². The Morgan fingerprint density at radius 3 is 2.22 bits per heavy atom. The summed E-state index contributed by atoms with van der Waals surface area (Å²) in [7, 11) is 1.89. The maximum absolute atomic E-state index is 11.6. The van der Waals surface area contributed by atoms with Crippen molar-refractivity contribution >= 4 is 11.9 Å². The van der Waals surface area contributed by atoms with E-state index in [0.717, 1.165) is 38.6 Å². The number of aromatic carboxylic acids is 1. The Balaban J connectivity index is 2.07. The molecule has 0 saturated heterocycles. The minimum absolute atomic E-state index is 0.248. The highest BCUT2D eigenvalue weighted by Gasteiger charge is 2.06. The molecule has 0 fully saturated rings. The highest BCUT2D eigenvalue weighted by atomic mass is 16.4. The summed E-state index contributed by atoms with van der Waals surface area (Å²) in [6, 6.07) is 7.14. The lowest BCUT2D eigenvalue weighted by Gasteiger charge is -2.16. The van der Waals surface area contributed by atoms with E-state index < -0.39 is 5.97 Å². The average molecular weight is 319 g/mol. The molecule has 1 amide bonds. The number of carboxylic acids is 1. The lowest BCUT2D eigenvalue weighted by molar-refractivity contribution is -0.130. The van der Waals surface area contributed by atoms with Crippen molar-refractivity contribution in [3.63, 3.8) is 0 Å². The Kier molecular flexibility index (Phi) is 9.03. The fraction of sp³-hybridized carbons (Fsp3) is 0.579. The zero-order valence-corrected chi connectivity index (χ0v) is 14.4. The van der Waals surface area contributed by atoms with Gasteiger partial charge in [-0.3, -0.25) is 4.79 Å². The third kappa shape index (κ3) is 7.82. The SMILES string of the molecule is CCCC(=O)N(C)CCCCCCCc1ccc(C(=O)O)cc1. The highest BCUT2D eigenvalue weighted by molar-refractivity contribution is 5.87. The molecule has 0 aliphatic carbocycles. The van der Waals surface area contributed by atoms with Crippen molar-refractivity contribution in [3.05, 3.63) is 35.4 Å². The minimum atomic E-state index is -0.876. The first kappa shape index (κ1) is 19.2. The molecule has 4 heteroatoms. The van der Waals surface area contributed by atoms with Gasteiger partial charge in [-0.25, -0.2) is 4.79 Å². The number of carboxylic acid groups (broad SMARTS) is 1.